The Balaban J connectivity index is 1.90. The van der Waals surface area contributed by atoms with Crippen molar-refractivity contribution in [3.05, 3.63) is 29.5 Å². The lowest BCUT2D eigenvalue weighted by Crippen LogP contribution is -2.43. The monoisotopic (exact) mass is 290 g/mol. The molecule has 2 atom stereocenters. The number of hydrogen-bond acceptors (Lipinski definition) is 4. The van der Waals surface area contributed by atoms with Gasteiger partial charge in [-0.25, -0.2) is 9.97 Å². The number of nitrogens with zero attached hydrogens (tertiary/aromatic N) is 3. The van der Waals surface area contributed by atoms with Gasteiger partial charge in [0, 0.05) is 18.0 Å². The van der Waals surface area contributed by atoms with Gasteiger partial charge < -0.3 is 10.2 Å². The summed E-state index contributed by atoms with van der Waals surface area (Å²) < 4.78 is 0. The highest BCUT2D eigenvalue weighted by Crippen LogP contribution is 2.25. The zero-order chi connectivity index (χ0) is 14.1. The molecule has 106 valence electrons. The molecule has 4 nitrogen and oxygen atoms in total. The molecule has 0 bridgehead atoms. The van der Waals surface area contributed by atoms with Crippen LogP contribution in [0.1, 0.15) is 13.3 Å². The van der Waals surface area contributed by atoms with E-state index in [1.54, 1.807) is 0 Å². The Hall–Kier alpha value is -1.39. The number of halogens is 1. The maximum Gasteiger partial charge on any atom is 0.224 e. The van der Waals surface area contributed by atoms with Crippen molar-refractivity contribution in [3.63, 3.8) is 0 Å². The molecule has 5 heteroatoms. The van der Waals surface area contributed by atoms with E-state index in [0.29, 0.717) is 17.2 Å². The molecule has 1 aromatic carbocycles. The van der Waals surface area contributed by atoms with E-state index >= 15 is 0 Å². The second-order valence-electron chi connectivity index (χ2n) is 5.64. The van der Waals surface area contributed by atoms with Crippen LogP contribution in [0.3, 0.4) is 0 Å². The van der Waals surface area contributed by atoms with Crippen molar-refractivity contribution in [2.75, 3.05) is 25.5 Å². The predicted octanol–water partition coefficient (Wildman–Crippen LogP) is 3.04. The fraction of sp³-hybridized carbons (Fsp3) is 0.467. The molecule has 1 saturated heterocycles. The van der Waals surface area contributed by atoms with Gasteiger partial charge in [0.1, 0.15) is 5.82 Å². The first-order chi connectivity index (χ1) is 9.63. The zero-order valence-corrected chi connectivity index (χ0v) is 12.6. The fourth-order valence-corrected chi connectivity index (χ4v) is 3.08. The van der Waals surface area contributed by atoms with Crippen LogP contribution in [-0.4, -0.2) is 41.0 Å². The second kappa shape index (κ2) is 5.54. The van der Waals surface area contributed by atoms with Crippen molar-refractivity contribution in [3.8, 4) is 0 Å². The van der Waals surface area contributed by atoms with Crippen LogP contribution in [0.4, 0.5) is 5.82 Å². The summed E-state index contributed by atoms with van der Waals surface area (Å²) in [4.78, 5) is 11.0. The van der Waals surface area contributed by atoms with Crippen molar-refractivity contribution in [1.29, 1.82) is 0 Å². The minimum Gasteiger partial charge on any atom is -0.366 e. The van der Waals surface area contributed by atoms with Crippen LogP contribution in [-0.2, 0) is 0 Å². The van der Waals surface area contributed by atoms with Gasteiger partial charge in [-0.05, 0) is 49.7 Å². The maximum atomic E-state index is 6.03. The summed E-state index contributed by atoms with van der Waals surface area (Å²) in [6.07, 6.45) is 1.12. The van der Waals surface area contributed by atoms with Gasteiger partial charge in [0.2, 0.25) is 5.28 Å². The first-order valence-electron chi connectivity index (χ1n) is 7.01. The van der Waals surface area contributed by atoms with Gasteiger partial charge in [-0.3, -0.25) is 0 Å². The summed E-state index contributed by atoms with van der Waals surface area (Å²) in [6.45, 7) is 4.49. The van der Waals surface area contributed by atoms with E-state index in [2.05, 4.69) is 34.2 Å². The van der Waals surface area contributed by atoms with Gasteiger partial charge in [-0.1, -0.05) is 19.1 Å². The van der Waals surface area contributed by atoms with Gasteiger partial charge in [-0.15, -0.1) is 0 Å². The molecule has 1 aliphatic heterocycles. The molecule has 1 N–H and O–H groups in total. The van der Waals surface area contributed by atoms with Crippen molar-refractivity contribution >= 4 is 28.3 Å². The average molecular weight is 291 g/mol. The molecule has 1 aliphatic rings. The second-order valence-corrected chi connectivity index (χ2v) is 5.98. The summed E-state index contributed by atoms with van der Waals surface area (Å²) in [6, 6.07) is 8.40. The van der Waals surface area contributed by atoms with Gasteiger partial charge in [-0.2, -0.15) is 0 Å². The molecule has 0 saturated carbocycles. The Morgan fingerprint density at radius 1 is 1.30 bits per heavy atom. The van der Waals surface area contributed by atoms with E-state index in [1.165, 1.54) is 0 Å². The Labute approximate surface area is 124 Å². The van der Waals surface area contributed by atoms with Gasteiger partial charge in [0.25, 0.3) is 0 Å². The molecule has 1 fully saturated rings. The summed E-state index contributed by atoms with van der Waals surface area (Å²) in [7, 11) is 2.17. The number of para-hydroxylation sites is 1. The largest absolute Gasteiger partial charge is 0.366 e. The topological polar surface area (TPSA) is 41.0 Å². The average Bonchev–Trinajstić information content (AvgIpc) is 2.41. The quantitative estimate of drug-likeness (QED) is 0.863. The Morgan fingerprint density at radius 3 is 2.90 bits per heavy atom. The van der Waals surface area contributed by atoms with E-state index in [9.17, 15) is 0 Å². The summed E-state index contributed by atoms with van der Waals surface area (Å²) in [5.41, 5.74) is 0.885. The van der Waals surface area contributed by atoms with Gasteiger partial charge in [0.05, 0.1) is 5.52 Å². The molecule has 2 heterocycles. The fourth-order valence-electron chi connectivity index (χ4n) is 2.90. The third-order valence-corrected chi connectivity index (χ3v) is 4.18. The molecule has 2 unspecified atom stereocenters. The lowest BCUT2D eigenvalue weighted by molar-refractivity contribution is 0.206. The number of fused-ring (bicyclic) bond motifs is 1. The highest BCUT2D eigenvalue weighted by atomic mass is 35.5. The standard InChI is InChI=1S/C15H19ClN4/c1-10-9-20(2)8-7-12(10)17-14-11-5-3-4-6-13(11)18-15(16)19-14/h3-6,10,12H,7-9H2,1-2H3,(H,17,18,19). The van der Waals surface area contributed by atoms with Crippen LogP contribution in [0.2, 0.25) is 5.28 Å². The predicted molar refractivity (Wildman–Crippen MR) is 83.2 cm³/mol. The highest BCUT2D eigenvalue weighted by molar-refractivity contribution is 6.28. The smallest absolute Gasteiger partial charge is 0.224 e. The van der Waals surface area contributed by atoms with Crippen molar-refractivity contribution in [2.45, 2.75) is 19.4 Å². The Kier molecular flexibility index (Phi) is 3.76. The van der Waals surface area contributed by atoms with E-state index < -0.39 is 0 Å². The molecule has 20 heavy (non-hydrogen) atoms. The maximum absolute atomic E-state index is 6.03. The molecule has 0 spiro atoms. The number of anilines is 1. The van der Waals surface area contributed by atoms with Gasteiger partial charge >= 0.3 is 0 Å². The highest BCUT2D eigenvalue weighted by Gasteiger charge is 2.24. The van der Waals surface area contributed by atoms with Crippen molar-refractivity contribution in [1.82, 2.24) is 14.9 Å². The molecular formula is C15H19ClN4. The summed E-state index contributed by atoms with van der Waals surface area (Å²) >= 11 is 6.03. The number of benzene rings is 1. The number of hydrogen-bond donors (Lipinski definition) is 1. The summed E-state index contributed by atoms with van der Waals surface area (Å²) in [5, 5.41) is 4.90. The van der Waals surface area contributed by atoms with Crippen LogP contribution < -0.4 is 5.32 Å². The normalized spacial score (nSPS) is 23.9. The molecule has 1 aromatic heterocycles. The van der Waals surface area contributed by atoms with E-state index in [4.69, 9.17) is 11.6 Å². The van der Waals surface area contributed by atoms with Crippen LogP contribution >= 0.6 is 11.6 Å². The molecule has 0 amide bonds. The number of nitrogens with one attached hydrogen (secondary N) is 1. The molecule has 0 radical (unpaired) electrons. The third kappa shape index (κ3) is 2.72. The first-order valence-corrected chi connectivity index (χ1v) is 7.38. The van der Waals surface area contributed by atoms with Crippen LogP contribution in [0.15, 0.2) is 24.3 Å². The lowest BCUT2D eigenvalue weighted by atomic mass is 9.94. The molecule has 3 rings (SSSR count). The molecule has 2 aromatic rings. The van der Waals surface area contributed by atoms with Crippen LogP contribution in [0.5, 0.6) is 0 Å². The van der Waals surface area contributed by atoms with Gasteiger partial charge in [0.15, 0.2) is 0 Å². The van der Waals surface area contributed by atoms with Crippen LogP contribution in [0.25, 0.3) is 10.9 Å². The SMILES string of the molecule is CC1CN(C)CCC1Nc1nc(Cl)nc2ccccc12. The third-order valence-electron chi connectivity index (χ3n) is 4.01. The Morgan fingerprint density at radius 2 is 2.10 bits per heavy atom. The van der Waals surface area contributed by atoms with Crippen LogP contribution in [0, 0.1) is 5.92 Å². The number of likely N-dealkylation sites (tertiary alicyclic amines) is 1. The van der Waals surface area contributed by atoms with E-state index in [-0.39, 0.29) is 0 Å². The van der Waals surface area contributed by atoms with E-state index in [0.717, 1.165) is 36.2 Å². The number of rotatable bonds is 2. The summed E-state index contributed by atoms with van der Waals surface area (Å²) in [5.74, 6) is 1.43. The minimum atomic E-state index is 0.298. The lowest BCUT2D eigenvalue weighted by Gasteiger charge is -2.35. The van der Waals surface area contributed by atoms with Crippen molar-refractivity contribution in [2.24, 2.45) is 5.92 Å². The zero-order valence-electron chi connectivity index (χ0n) is 11.8. The minimum absolute atomic E-state index is 0.298. The molecular weight excluding hydrogens is 272 g/mol. The first kappa shape index (κ1) is 13.6. The Bertz CT molecular complexity index is 616. The molecule has 0 aliphatic carbocycles. The van der Waals surface area contributed by atoms with E-state index in [1.807, 2.05) is 24.3 Å². The number of piperidine rings is 1. The number of aromatic nitrogens is 2. The van der Waals surface area contributed by atoms with Crippen molar-refractivity contribution < 1.29 is 0 Å².